The van der Waals surface area contributed by atoms with Crippen LogP contribution in [0.1, 0.15) is 22.3 Å². The third-order valence-corrected chi connectivity index (χ3v) is 6.88. The smallest absolute Gasteiger partial charge is 0.115 e. The second-order valence-corrected chi connectivity index (χ2v) is 8.97. The highest BCUT2D eigenvalue weighted by molar-refractivity contribution is 6.01. The minimum absolute atomic E-state index is 0. The topological polar surface area (TPSA) is 156 Å². The molecule has 8 nitrogen and oxygen atoms in total. The van der Waals surface area contributed by atoms with Gasteiger partial charge in [-0.2, -0.15) is 0 Å². The van der Waals surface area contributed by atoms with Crippen molar-refractivity contribution in [1.29, 1.82) is 0 Å². The molecule has 0 unspecified atom stereocenters. The Labute approximate surface area is 232 Å². The van der Waals surface area contributed by atoms with Crippen molar-refractivity contribution in [1.82, 2.24) is 19.9 Å². The lowest BCUT2D eigenvalue weighted by Gasteiger charge is -2.12. The molecule has 2 aromatic heterocycles. The molecule has 0 aliphatic heterocycles. The Kier molecular flexibility index (Phi) is 8.00. The molecular formula is C28H30Cl2N8. The first-order valence-corrected chi connectivity index (χ1v) is 11.6. The number of hydrogen-bond donors (Lipinski definition) is 4. The number of nitrogens with two attached hydrogens (primary N) is 4. The number of aromatic nitrogens is 4. The van der Waals surface area contributed by atoms with Gasteiger partial charge in [0.15, 0.2) is 0 Å². The first kappa shape index (κ1) is 28.4. The largest absolute Gasteiger partial charge is 0.397 e. The molecule has 0 radical (unpaired) electrons. The van der Waals surface area contributed by atoms with Crippen LogP contribution in [0.5, 0.6) is 0 Å². The van der Waals surface area contributed by atoms with Crippen molar-refractivity contribution in [2.24, 2.45) is 0 Å². The number of hydrogen-bond acceptors (Lipinski definition) is 8. The Morgan fingerprint density at radius 1 is 0.395 bits per heavy atom. The summed E-state index contributed by atoms with van der Waals surface area (Å²) in [6, 6.07) is 15.5. The van der Waals surface area contributed by atoms with Gasteiger partial charge in [-0.1, -0.05) is 24.3 Å². The van der Waals surface area contributed by atoms with Crippen molar-refractivity contribution in [3.8, 4) is 0 Å². The third-order valence-electron chi connectivity index (χ3n) is 6.88. The van der Waals surface area contributed by atoms with Gasteiger partial charge >= 0.3 is 0 Å². The van der Waals surface area contributed by atoms with E-state index in [1.54, 1.807) is 0 Å². The van der Waals surface area contributed by atoms with E-state index in [1.165, 1.54) is 0 Å². The number of nitrogen functional groups attached to an aromatic ring is 4. The molecule has 0 saturated heterocycles. The van der Waals surface area contributed by atoms with Crippen LogP contribution in [0.2, 0.25) is 0 Å². The summed E-state index contributed by atoms with van der Waals surface area (Å²) in [7, 11) is 0. The monoisotopic (exact) mass is 548 g/mol. The van der Waals surface area contributed by atoms with Crippen LogP contribution in [-0.2, 0) is 0 Å². The van der Waals surface area contributed by atoms with Crippen LogP contribution in [0.25, 0.3) is 44.1 Å². The second kappa shape index (κ2) is 10.7. The minimum atomic E-state index is 0. The Morgan fingerprint density at radius 2 is 0.658 bits per heavy atom. The van der Waals surface area contributed by atoms with Crippen molar-refractivity contribution in [3.63, 3.8) is 0 Å². The predicted octanol–water partition coefficient (Wildman–Crippen LogP) is 5.97. The van der Waals surface area contributed by atoms with Crippen molar-refractivity contribution in [2.75, 3.05) is 22.9 Å². The molecule has 0 atom stereocenters. The molecule has 38 heavy (non-hydrogen) atoms. The maximum absolute atomic E-state index is 6.05. The van der Waals surface area contributed by atoms with E-state index in [0.717, 1.165) is 55.4 Å². The highest BCUT2D eigenvalue weighted by Crippen LogP contribution is 2.33. The first-order chi connectivity index (χ1) is 17.2. The van der Waals surface area contributed by atoms with Gasteiger partial charge in [-0.3, -0.25) is 0 Å². The van der Waals surface area contributed by atoms with Gasteiger partial charge in [-0.15, -0.1) is 24.8 Å². The SMILES string of the molecule is Cc1c(N)c(N)c2nc3ccccc3nc2c1C.Cc1c(N)c(N)c2nc3ccccc3nc2c1C.Cl.Cl. The fourth-order valence-corrected chi connectivity index (χ4v) is 4.32. The zero-order chi connectivity index (χ0) is 25.7. The maximum Gasteiger partial charge on any atom is 0.115 e. The molecule has 0 saturated carbocycles. The Bertz CT molecular complexity index is 1570. The van der Waals surface area contributed by atoms with Gasteiger partial charge in [0.25, 0.3) is 0 Å². The summed E-state index contributed by atoms with van der Waals surface area (Å²) in [5, 5.41) is 0. The third kappa shape index (κ3) is 4.53. The van der Waals surface area contributed by atoms with Crippen molar-refractivity contribution < 1.29 is 0 Å². The molecule has 196 valence electrons. The summed E-state index contributed by atoms with van der Waals surface area (Å²) < 4.78 is 0. The Hall–Kier alpha value is -4.14. The summed E-state index contributed by atoms with van der Waals surface area (Å²) in [5.74, 6) is 0. The fourth-order valence-electron chi connectivity index (χ4n) is 4.32. The van der Waals surface area contributed by atoms with Gasteiger partial charge in [-0.25, -0.2) is 19.9 Å². The van der Waals surface area contributed by atoms with Crippen LogP contribution in [0.3, 0.4) is 0 Å². The molecule has 0 bridgehead atoms. The second-order valence-electron chi connectivity index (χ2n) is 8.97. The lowest BCUT2D eigenvalue weighted by atomic mass is 10.0. The average Bonchev–Trinajstić information content (AvgIpc) is 2.91. The lowest BCUT2D eigenvalue weighted by molar-refractivity contribution is 1.31. The van der Waals surface area contributed by atoms with Crippen LogP contribution in [0.4, 0.5) is 22.7 Å². The molecule has 6 aromatic rings. The highest BCUT2D eigenvalue weighted by Gasteiger charge is 2.14. The molecule has 6 rings (SSSR count). The van der Waals surface area contributed by atoms with Crippen molar-refractivity contribution in [2.45, 2.75) is 27.7 Å². The highest BCUT2D eigenvalue weighted by atomic mass is 35.5. The van der Waals surface area contributed by atoms with Crippen molar-refractivity contribution in [3.05, 3.63) is 70.8 Å². The summed E-state index contributed by atoms with van der Waals surface area (Å²) in [5.41, 5.74) is 36.8. The zero-order valence-electron chi connectivity index (χ0n) is 21.5. The van der Waals surface area contributed by atoms with Crippen molar-refractivity contribution >= 4 is 91.7 Å². The van der Waals surface area contributed by atoms with E-state index >= 15 is 0 Å². The summed E-state index contributed by atoms with van der Waals surface area (Å²) in [4.78, 5) is 18.4. The molecule has 8 N–H and O–H groups in total. The van der Waals surface area contributed by atoms with Gasteiger partial charge in [0.2, 0.25) is 0 Å². The van der Waals surface area contributed by atoms with Crippen LogP contribution >= 0.6 is 24.8 Å². The minimum Gasteiger partial charge on any atom is -0.397 e. The van der Waals surface area contributed by atoms with Gasteiger partial charge in [0.1, 0.15) is 11.0 Å². The standard InChI is InChI=1S/2C14H14N4.2ClH/c2*1-7-8(2)13-14(12(16)11(7)15)18-10-6-4-3-5-9(10)17-13;;/h2*3-6H,15-16H2,1-2H3;2*1H. The number of halogens is 2. The molecule has 0 aliphatic rings. The van der Waals surface area contributed by atoms with E-state index in [4.69, 9.17) is 22.9 Å². The van der Waals surface area contributed by atoms with E-state index in [9.17, 15) is 0 Å². The van der Waals surface area contributed by atoms with Crippen LogP contribution in [0.15, 0.2) is 48.5 Å². The van der Waals surface area contributed by atoms with E-state index in [0.29, 0.717) is 33.8 Å². The number of benzene rings is 4. The molecule has 0 fully saturated rings. The van der Waals surface area contributed by atoms with Gasteiger partial charge in [-0.05, 0) is 74.2 Å². The quantitative estimate of drug-likeness (QED) is 0.133. The van der Waals surface area contributed by atoms with E-state index in [2.05, 4.69) is 19.9 Å². The number of rotatable bonds is 0. The van der Waals surface area contributed by atoms with E-state index in [-0.39, 0.29) is 24.8 Å². The normalized spacial score (nSPS) is 10.6. The zero-order valence-corrected chi connectivity index (χ0v) is 23.2. The molecule has 0 aliphatic carbocycles. The van der Waals surface area contributed by atoms with Gasteiger partial charge in [0, 0.05) is 0 Å². The molecule has 2 heterocycles. The Morgan fingerprint density at radius 3 is 0.947 bits per heavy atom. The van der Waals surface area contributed by atoms with E-state index < -0.39 is 0 Å². The van der Waals surface area contributed by atoms with Crippen LogP contribution < -0.4 is 22.9 Å². The number of anilines is 4. The predicted molar refractivity (Wildman–Crippen MR) is 165 cm³/mol. The number of nitrogens with zero attached hydrogens (tertiary/aromatic N) is 4. The van der Waals surface area contributed by atoms with Crippen LogP contribution in [0, 0.1) is 27.7 Å². The molecule has 10 heteroatoms. The lowest BCUT2D eigenvalue weighted by Crippen LogP contribution is -2.03. The maximum atomic E-state index is 6.05. The molecule has 0 amide bonds. The number of para-hydroxylation sites is 4. The Balaban J connectivity index is 0.000000200. The van der Waals surface area contributed by atoms with Crippen LogP contribution in [-0.4, -0.2) is 19.9 Å². The van der Waals surface area contributed by atoms with Gasteiger partial charge in [0.05, 0.1) is 55.8 Å². The summed E-state index contributed by atoms with van der Waals surface area (Å²) in [6.45, 7) is 7.91. The van der Waals surface area contributed by atoms with E-state index in [1.807, 2.05) is 76.2 Å². The molecule has 0 spiro atoms. The first-order valence-electron chi connectivity index (χ1n) is 11.6. The molecule has 4 aromatic carbocycles. The fraction of sp³-hybridized carbons (Fsp3) is 0.143. The number of fused-ring (bicyclic) bond motifs is 4. The van der Waals surface area contributed by atoms with Gasteiger partial charge < -0.3 is 22.9 Å². The number of aryl methyl sites for hydroxylation is 2. The summed E-state index contributed by atoms with van der Waals surface area (Å²) in [6.07, 6.45) is 0. The average molecular weight is 550 g/mol. The summed E-state index contributed by atoms with van der Waals surface area (Å²) >= 11 is 0. The molecular weight excluding hydrogens is 519 g/mol.